The number of carbonyl (C=O) groups excluding carboxylic acids is 1. The smallest absolute Gasteiger partial charge is 0.252 e. The van der Waals surface area contributed by atoms with E-state index in [1.165, 1.54) is 0 Å². The summed E-state index contributed by atoms with van der Waals surface area (Å²) in [4.78, 5) is 33.8. The van der Waals surface area contributed by atoms with Crippen molar-refractivity contribution in [2.75, 3.05) is 18.0 Å². The average Bonchev–Trinajstić information content (AvgIpc) is 3.27. The lowest BCUT2D eigenvalue weighted by molar-refractivity contribution is -0.122. The maximum Gasteiger partial charge on any atom is 0.252 e. The number of nitrogens with one attached hydrogen (secondary N) is 2. The van der Waals surface area contributed by atoms with Crippen LogP contribution in [0.1, 0.15) is 49.4 Å². The highest BCUT2D eigenvalue weighted by Crippen LogP contribution is 2.36. The number of carbonyl (C=O) groups is 1. The van der Waals surface area contributed by atoms with E-state index in [0.717, 1.165) is 50.2 Å². The van der Waals surface area contributed by atoms with E-state index in [9.17, 15) is 9.59 Å². The second kappa shape index (κ2) is 7.54. The minimum atomic E-state index is -0.0935. The van der Waals surface area contributed by atoms with Crippen molar-refractivity contribution in [1.82, 2.24) is 25.1 Å². The molecule has 1 saturated heterocycles. The minimum absolute atomic E-state index is 0.0463. The third-order valence-corrected chi connectivity index (χ3v) is 5.56. The molecule has 0 unspecified atom stereocenters. The quantitative estimate of drug-likeness (QED) is 0.800. The van der Waals surface area contributed by atoms with E-state index in [2.05, 4.69) is 25.3 Å². The van der Waals surface area contributed by atoms with Crippen LogP contribution in [-0.2, 0) is 11.3 Å². The van der Waals surface area contributed by atoms with Crippen molar-refractivity contribution >= 4 is 11.9 Å². The number of amides is 1. The molecule has 2 aliphatic rings. The maximum absolute atomic E-state index is 12.1. The lowest BCUT2D eigenvalue weighted by Crippen LogP contribution is -2.44. The molecule has 2 aromatic heterocycles. The van der Waals surface area contributed by atoms with Gasteiger partial charge in [-0.25, -0.2) is 4.98 Å². The van der Waals surface area contributed by atoms with E-state index >= 15 is 0 Å². The molecule has 144 valence electrons. The molecule has 2 fully saturated rings. The molecule has 3 heterocycles. The zero-order valence-corrected chi connectivity index (χ0v) is 15.6. The average molecular weight is 370 g/mol. The summed E-state index contributed by atoms with van der Waals surface area (Å²) in [7, 11) is 0. The number of rotatable bonds is 6. The molecule has 0 radical (unpaired) electrons. The van der Waals surface area contributed by atoms with Crippen molar-refractivity contribution in [2.24, 2.45) is 0 Å². The van der Waals surface area contributed by atoms with Gasteiger partial charge in [0, 0.05) is 56.0 Å². The highest BCUT2D eigenvalue weighted by Gasteiger charge is 2.33. The number of aryl methyl sites for hydroxylation is 2. The molecule has 0 bridgehead atoms. The molecular weight excluding hydrogens is 344 g/mol. The zero-order chi connectivity index (χ0) is 18.8. The van der Waals surface area contributed by atoms with Crippen LogP contribution in [0, 0.1) is 6.92 Å². The Kier molecular flexibility index (Phi) is 4.96. The molecule has 1 aliphatic heterocycles. The van der Waals surface area contributed by atoms with Crippen LogP contribution in [0.4, 0.5) is 5.95 Å². The Bertz CT molecular complexity index is 861. The van der Waals surface area contributed by atoms with E-state index in [1.54, 1.807) is 12.3 Å². The molecule has 27 heavy (non-hydrogen) atoms. The molecule has 4 rings (SSSR count). The molecule has 2 N–H and O–H groups in total. The molecular formula is C19H26N6O2. The topological polar surface area (TPSA) is 95.9 Å². The monoisotopic (exact) mass is 370 g/mol. The van der Waals surface area contributed by atoms with Gasteiger partial charge in [0.2, 0.25) is 11.9 Å². The zero-order valence-electron chi connectivity index (χ0n) is 15.6. The molecule has 8 nitrogen and oxygen atoms in total. The molecule has 1 saturated carbocycles. The summed E-state index contributed by atoms with van der Waals surface area (Å²) in [6.45, 7) is 4.47. The highest BCUT2D eigenvalue weighted by atomic mass is 16.1. The van der Waals surface area contributed by atoms with Crippen molar-refractivity contribution in [3.8, 4) is 0 Å². The summed E-state index contributed by atoms with van der Waals surface area (Å²) in [6.07, 6.45) is 6.12. The third kappa shape index (κ3) is 4.04. The van der Waals surface area contributed by atoms with Crippen LogP contribution in [-0.4, -0.2) is 44.8 Å². The van der Waals surface area contributed by atoms with Gasteiger partial charge in [0.05, 0.1) is 5.69 Å². The molecule has 1 amide bonds. The second-order valence-corrected chi connectivity index (χ2v) is 7.57. The Labute approximate surface area is 158 Å². The number of aromatic amines is 1. The highest BCUT2D eigenvalue weighted by molar-refractivity contribution is 5.76. The van der Waals surface area contributed by atoms with Gasteiger partial charge in [0.1, 0.15) is 0 Å². The van der Waals surface area contributed by atoms with Crippen LogP contribution in [0.5, 0.6) is 0 Å². The first-order valence-corrected chi connectivity index (χ1v) is 9.72. The van der Waals surface area contributed by atoms with E-state index in [0.29, 0.717) is 18.9 Å². The van der Waals surface area contributed by atoms with E-state index in [-0.39, 0.29) is 23.4 Å². The van der Waals surface area contributed by atoms with Gasteiger partial charge in [-0.3, -0.25) is 19.3 Å². The molecule has 0 spiro atoms. The van der Waals surface area contributed by atoms with Crippen LogP contribution < -0.4 is 15.8 Å². The van der Waals surface area contributed by atoms with Gasteiger partial charge >= 0.3 is 0 Å². The molecule has 8 heteroatoms. The summed E-state index contributed by atoms with van der Waals surface area (Å²) in [6, 6.07) is 3.69. The number of aromatic nitrogens is 4. The fourth-order valence-corrected chi connectivity index (χ4v) is 3.87. The lowest BCUT2D eigenvalue weighted by Gasteiger charge is -2.35. The number of nitrogens with zero attached hydrogens (tertiary/aromatic N) is 4. The van der Waals surface area contributed by atoms with Crippen molar-refractivity contribution in [3.05, 3.63) is 40.1 Å². The Morgan fingerprint density at radius 1 is 1.33 bits per heavy atom. The maximum atomic E-state index is 12.1. The fraction of sp³-hybridized carbons (Fsp3) is 0.579. The van der Waals surface area contributed by atoms with Gasteiger partial charge in [-0.15, -0.1) is 0 Å². The summed E-state index contributed by atoms with van der Waals surface area (Å²) in [5.74, 6) is 0.981. The number of hydrogen-bond donors (Lipinski definition) is 2. The lowest BCUT2D eigenvalue weighted by atomic mass is 9.78. The van der Waals surface area contributed by atoms with Crippen molar-refractivity contribution < 1.29 is 4.79 Å². The number of H-pyrrole nitrogens is 1. The molecule has 0 atom stereocenters. The van der Waals surface area contributed by atoms with Crippen molar-refractivity contribution in [1.29, 1.82) is 0 Å². The molecule has 0 aromatic carbocycles. The second-order valence-electron chi connectivity index (χ2n) is 7.57. The predicted molar refractivity (Wildman–Crippen MR) is 102 cm³/mol. The first-order valence-electron chi connectivity index (χ1n) is 9.72. The Morgan fingerprint density at radius 2 is 2.11 bits per heavy atom. The van der Waals surface area contributed by atoms with Gasteiger partial charge < -0.3 is 10.2 Å². The minimum Gasteiger partial charge on any atom is -0.353 e. The van der Waals surface area contributed by atoms with Gasteiger partial charge in [-0.05, 0) is 38.7 Å². The Hall–Kier alpha value is -2.64. The van der Waals surface area contributed by atoms with Gasteiger partial charge in [-0.1, -0.05) is 0 Å². The summed E-state index contributed by atoms with van der Waals surface area (Å²) in [5, 5.41) is 7.27. The first-order chi connectivity index (χ1) is 13.1. The Balaban J connectivity index is 1.28. The summed E-state index contributed by atoms with van der Waals surface area (Å²) < 4.78 is 1.84. The molecule has 2 aromatic rings. The largest absolute Gasteiger partial charge is 0.353 e. The summed E-state index contributed by atoms with van der Waals surface area (Å²) >= 11 is 0. The van der Waals surface area contributed by atoms with Crippen molar-refractivity contribution in [2.45, 2.75) is 57.5 Å². The van der Waals surface area contributed by atoms with E-state index in [4.69, 9.17) is 0 Å². The van der Waals surface area contributed by atoms with Crippen LogP contribution in [0.25, 0.3) is 0 Å². The van der Waals surface area contributed by atoms with Crippen LogP contribution in [0.15, 0.2) is 23.1 Å². The summed E-state index contributed by atoms with van der Waals surface area (Å²) in [5.41, 5.74) is 1.81. The third-order valence-electron chi connectivity index (χ3n) is 5.56. The number of hydrogen-bond acceptors (Lipinski definition) is 5. The van der Waals surface area contributed by atoms with Crippen LogP contribution >= 0.6 is 0 Å². The molecule has 1 aliphatic carbocycles. The van der Waals surface area contributed by atoms with E-state index in [1.807, 2.05) is 17.7 Å². The SMILES string of the molecule is Cc1ccnn1CCC(=O)NC1CC(c2cc(=O)[nH]c(N3CCCC3)n2)C1. The number of anilines is 1. The first kappa shape index (κ1) is 17.8. The fourth-order valence-electron chi connectivity index (χ4n) is 3.87. The Morgan fingerprint density at radius 3 is 2.81 bits per heavy atom. The van der Waals surface area contributed by atoms with E-state index < -0.39 is 0 Å². The normalized spacial score (nSPS) is 21.9. The predicted octanol–water partition coefficient (Wildman–Crippen LogP) is 1.33. The van der Waals surface area contributed by atoms with Gasteiger partial charge in [0.25, 0.3) is 5.56 Å². The van der Waals surface area contributed by atoms with Crippen molar-refractivity contribution in [3.63, 3.8) is 0 Å². The standard InChI is InChI=1S/C19H26N6O2/c1-13-4-6-20-25(13)9-5-17(26)21-15-10-14(11-15)16-12-18(27)23-19(22-16)24-7-2-3-8-24/h4,6,12,14-15H,2-3,5,7-11H2,1H3,(H,21,26)(H,22,23,27). The van der Waals surface area contributed by atoms with Gasteiger partial charge in [-0.2, -0.15) is 5.10 Å². The van der Waals surface area contributed by atoms with Crippen LogP contribution in [0.3, 0.4) is 0 Å². The van der Waals surface area contributed by atoms with Gasteiger partial charge in [0.15, 0.2) is 0 Å². The van der Waals surface area contributed by atoms with Crippen LogP contribution in [0.2, 0.25) is 0 Å².